The number of nitrogens with one attached hydrogen (secondary N) is 1. The molecule has 35 heavy (non-hydrogen) atoms. The van der Waals surface area contributed by atoms with Crippen molar-refractivity contribution in [3.05, 3.63) is 76.6 Å². The van der Waals surface area contributed by atoms with E-state index in [0.29, 0.717) is 18.0 Å². The van der Waals surface area contributed by atoms with Crippen LogP contribution >= 0.6 is 0 Å². The highest BCUT2D eigenvalue weighted by Crippen LogP contribution is 2.29. The van der Waals surface area contributed by atoms with Crippen LogP contribution in [0.5, 0.6) is 5.75 Å². The topological polar surface area (TPSA) is 93.0 Å². The van der Waals surface area contributed by atoms with Gasteiger partial charge in [-0.3, -0.25) is 9.10 Å². The van der Waals surface area contributed by atoms with E-state index in [1.165, 1.54) is 11.1 Å². The highest BCUT2D eigenvalue weighted by molar-refractivity contribution is 7.92. The van der Waals surface area contributed by atoms with Crippen LogP contribution in [-0.4, -0.2) is 44.5 Å². The maximum Gasteiger partial charge on any atom is 0.260 e. The van der Waals surface area contributed by atoms with Crippen molar-refractivity contribution < 1.29 is 17.9 Å². The zero-order valence-electron chi connectivity index (χ0n) is 21.0. The molecule has 0 aliphatic rings. The maximum atomic E-state index is 12.6. The fraction of sp³-hybridized carbons (Fsp3) is 0.308. The summed E-state index contributed by atoms with van der Waals surface area (Å²) in [5.41, 5.74) is 9.10. The molecule has 8 nitrogen and oxygen atoms in total. The molecule has 1 heterocycles. The summed E-state index contributed by atoms with van der Waals surface area (Å²) < 4.78 is 33.5. The van der Waals surface area contributed by atoms with E-state index in [1.807, 2.05) is 19.9 Å². The Morgan fingerprint density at radius 2 is 1.80 bits per heavy atom. The smallest absolute Gasteiger partial charge is 0.260 e. The number of carbonyl (C=O) groups excluding carboxylic acids is 1. The number of aromatic nitrogens is 1. The Bertz CT molecular complexity index is 1360. The van der Waals surface area contributed by atoms with Crippen molar-refractivity contribution in [2.24, 2.45) is 5.10 Å². The number of hydrogen-bond donors (Lipinski definition) is 1. The van der Waals surface area contributed by atoms with Gasteiger partial charge in [-0.1, -0.05) is 18.2 Å². The minimum Gasteiger partial charge on any atom is -0.492 e. The highest BCUT2D eigenvalue weighted by atomic mass is 32.2. The van der Waals surface area contributed by atoms with Gasteiger partial charge in [-0.05, 0) is 76.1 Å². The molecule has 1 N–H and O–H groups in total. The maximum absolute atomic E-state index is 12.6. The summed E-state index contributed by atoms with van der Waals surface area (Å²) in [5.74, 6) is -0.184. The van der Waals surface area contributed by atoms with Crippen molar-refractivity contribution in [3.8, 4) is 11.4 Å². The monoisotopic (exact) mass is 496 g/mol. The lowest BCUT2D eigenvalue weighted by Crippen LogP contribution is -2.39. The van der Waals surface area contributed by atoms with Gasteiger partial charge in [0.1, 0.15) is 12.3 Å². The first kappa shape index (κ1) is 26.0. The van der Waals surface area contributed by atoms with Gasteiger partial charge in [0, 0.05) is 22.6 Å². The first-order valence-electron chi connectivity index (χ1n) is 11.3. The fourth-order valence-electron chi connectivity index (χ4n) is 3.84. The number of benzene rings is 2. The predicted molar refractivity (Wildman–Crippen MR) is 140 cm³/mol. The predicted octanol–water partition coefficient (Wildman–Crippen LogP) is 4.03. The van der Waals surface area contributed by atoms with Crippen molar-refractivity contribution in [1.29, 1.82) is 0 Å². The van der Waals surface area contributed by atoms with E-state index in [-0.39, 0.29) is 0 Å². The Hall–Kier alpha value is -3.59. The SMILES string of the molecule is CCOc1ccccc1N(CC(=O)N/N=C\c1cc(C)n(-c2ccc(C)c(C)c2)c1C)S(C)(=O)=O. The normalized spacial score (nSPS) is 11.6. The van der Waals surface area contributed by atoms with E-state index >= 15 is 0 Å². The Morgan fingerprint density at radius 3 is 2.46 bits per heavy atom. The number of carbonyl (C=O) groups is 1. The molecule has 186 valence electrons. The Labute approximate surface area is 207 Å². The molecule has 0 saturated heterocycles. The number of hydrazone groups is 1. The lowest BCUT2D eigenvalue weighted by Gasteiger charge is -2.23. The van der Waals surface area contributed by atoms with Crippen molar-refractivity contribution >= 4 is 27.8 Å². The lowest BCUT2D eigenvalue weighted by molar-refractivity contribution is -0.119. The summed E-state index contributed by atoms with van der Waals surface area (Å²) in [5, 5.41) is 4.08. The molecular formula is C26H32N4O4S. The lowest BCUT2D eigenvalue weighted by atomic mass is 10.1. The van der Waals surface area contributed by atoms with Gasteiger partial charge in [-0.15, -0.1) is 0 Å². The average molecular weight is 497 g/mol. The van der Waals surface area contributed by atoms with Gasteiger partial charge < -0.3 is 9.30 Å². The van der Waals surface area contributed by atoms with Crippen LogP contribution in [-0.2, 0) is 14.8 Å². The van der Waals surface area contributed by atoms with Gasteiger partial charge in [0.2, 0.25) is 10.0 Å². The molecule has 0 atom stereocenters. The Balaban J connectivity index is 1.77. The first-order valence-corrected chi connectivity index (χ1v) is 13.2. The number of ether oxygens (including phenoxy) is 1. The first-order chi connectivity index (χ1) is 16.5. The van der Waals surface area contributed by atoms with Crippen LogP contribution in [0, 0.1) is 27.7 Å². The number of aryl methyl sites for hydroxylation is 3. The third-order valence-electron chi connectivity index (χ3n) is 5.73. The van der Waals surface area contributed by atoms with Crippen LogP contribution in [0.1, 0.15) is 35.0 Å². The molecule has 3 rings (SSSR count). The van der Waals surface area contributed by atoms with E-state index in [9.17, 15) is 13.2 Å². The molecule has 0 spiro atoms. The van der Waals surface area contributed by atoms with Crippen molar-refractivity contribution in [1.82, 2.24) is 9.99 Å². The van der Waals surface area contributed by atoms with Crippen molar-refractivity contribution in [2.75, 3.05) is 23.7 Å². The zero-order valence-corrected chi connectivity index (χ0v) is 21.8. The molecule has 0 aliphatic heterocycles. The number of rotatable bonds is 9. The van der Waals surface area contributed by atoms with Crippen LogP contribution in [0.4, 0.5) is 5.69 Å². The summed E-state index contributed by atoms with van der Waals surface area (Å²) in [6, 6.07) is 15.0. The average Bonchev–Trinajstić information content (AvgIpc) is 3.07. The summed E-state index contributed by atoms with van der Waals surface area (Å²) in [6.07, 6.45) is 2.62. The van der Waals surface area contributed by atoms with E-state index in [0.717, 1.165) is 33.2 Å². The van der Waals surface area contributed by atoms with E-state index in [1.54, 1.807) is 37.4 Å². The van der Waals surface area contributed by atoms with Gasteiger partial charge in [0.25, 0.3) is 5.91 Å². The molecule has 0 unspecified atom stereocenters. The molecule has 0 fully saturated rings. The molecule has 9 heteroatoms. The van der Waals surface area contributed by atoms with E-state index in [4.69, 9.17) is 4.74 Å². The molecule has 0 saturated carbocycles. The summed E-state index contributed by atoms with van der Waals surface area (Å²) in [4.78, 5) is 12.6. The summed E-state index contributed by atoms with van der Waals surface area (Å²) in [6.45, 7) is 9.90. The van der Waals surface area contributed by atoms with Crippen LogP contribution in [0.2, 0.25) is 0 Å². The molecule has 2 aromatic carbocycles. The van der Waals surface area contributed by atoms with Gasteiger partial charge in [-0.2, -0.15) is 5.10 Å². The van der Waals surface area contributed by atoms with Gasteiger partial charge >= 0.3 is 0 Å². The van der Waals surface area contributed by atoms with E-state index in [2.05, 4.69) is 47.1 Å². The van der Waals surface area contributed by atoms with Gasteiger partial charge in [0.05, 0.1) is 24.8 Å². The minimum absolute atomic E-state index is 0.299. The number of nitrogens with zero attached hydrogens (tertiary/aromatic N) is 3. The molecule has 1 aromatic heterocycles. The van der Waals surface area contributed by atoms with Crippen LogP contribution in [0.25, 0.3) is 5.69 Å². The second-order valence-corrected chi connectivity index (χ2v) is 10.3. The summed E-state index contributed by atoms with van der Waals surface area (Å²) >= 11 is 0. The molecule has 0 bridgehead atoms. The standard InChI is InChI=1S/C26H32N4O4S/c1-7-34-25-11-9-8-10-24(25)29(35(6,32)33)17-26(31)28-27-16-22-15-20(4)30(21(22)5)23-13-12-18(2)19(3)14-23/h8-16H,7,17H2,1-6H3,(H,28,31)/b27-16-. The molecule has 0 radical (unpaired) electrons. The number of anilines is 1. The third-order valence-corrected chi connectivity index (χ3v) is 6.86. The van der Waals surface area contributed by atoms with Crippen molar-refractivity contribution in [3.63, 3.8) is 0 Å². The quantitative estimate of drug-likeness (QED) is 0.358. The largest absolute Gasteiger partial charge is 0.492 e. The Kier molecular flexibility index (Phi) is 8.01. The second-order valence-electron chi connectivity index (χ2n) is 8.39. The van der Waals surface area contributed by atoms with Crippen LogP contribution in [0.15, 0.2) is 53.6 Å². The van der Waals surface area contributed by atoms with Crippen LogP contribution < -0.4 is 14.5 Å². The Morgan fingerprint density at radius 1 is 1.09 bits per heavy atom. The van der Waals surface area contributed by atoms with Gasteiger partial charge in [-0.25, -0.2) is 13.8 Å². The number of hydrogen-bond acceptors (Lipinski definition) is 5. The second kappa shape index (κ2) is 10.8. The third kappa shape index (κ3) is 6.10. The van der Waals surface area contributed by atoms with Crippen molar-refractivity contribution in [2.45, 2.75) is 34.6 Å². The van der Waals surface area contributed by atoms with E-state index < -0.39 is 22.5 Å². The molecular weight excluding hydrogens is 464 g/mol. The molecule has 0 aliphatic carbocycles. The zero-order chi connectivity index (χ0) is 25.8. The fourth-order valence-corrected chi connectivity index (χ4v) is 4.70. The summed E-state index contributed by atoms with van der Waals surface area (Å²) in [7, 11) is -3.74. The van der Waals surface area contributed by atoms with Crippen LogP contribution in [0.3, 0.4) is 0 Å². The molecule has 3 aromatic rings. The number of amides is 1. The number of para-hydroxylation sites is 2. The molecule has 1 amide bonds. The van der Waals surface area contributed by atoms with Gasteiger partial charge in [0.15, 0.2) is 0 Å². The minimum atomic E-state index is -3.74. The number of sulfonamides is 1. The highest BCUT2D eigenvalue weighted by Gasteiger charge is 2.23.